The van der Waals surface area contributed by atoms with Gasteiger partial charge in [0.05, 0.1) is 32.8 Å². The van der Waals surface area contributed by atoms with Crippen LogP contribution in [0.2, 0.25) is 0 Å². The van der Waals surface area contributed by atoms with E-state index in [2.05, 4.69) is 15.0 Å². The molecule has 3 N–H and O–H groups in total. The van der Waals surface area contributed by atoms with E-state index in [0.717, 1.165) is 17.9 Å². The second-order valence-electron chi connectivity index (χ2n) is 4.99. The van der Waals surface area contributed by atoms with Gasteiger partial charge in [-0.15, -0.1) is 0 Å². The van der Waals surface area contributed by atoms with Crippen molar-refractivity contribution in [1.29, 1.82) is 0 Å². The summed E-state index contributed by atoms with van der Waals surface area (Å²) in [6.45, 7) is 3.26. The Balaban J connectivity index is 1.98. The van der Waals surface area contributed by atoms with Crippen LogP contribution in [0, 0.1) is 5.92 Å². The second-order valence-corrected chi connectivity index (χ2v) is 4.99. The molecule has 22 heavy (non-hydrogen) atoms. The van der Waals surface area contributed by atoms with Crippen LogP contribution in [0.5, 0.6) is 11.5 Å². The van der Waals surface area contributed by atoms with Crippen molar-refractivity contribution in [3.05, 3.63) is 18.2 Å². The highest BCUT2D eigenvalue weighted by Gasteiger charge is 2.13. The predicted molar refractivity (Wildman–Crippen MR) is 83.3 cm³/mol. The molecule has 0 saturated heterocycles. The molecule has 1 unspecified atom stereocenters. The van der Waals surface area contributed by atoms with Crippen molar-refractivity contribution >= 4 is 17.6 Å². The van der Waals surface area contributed by atoms with Gasteiger partial charge >= 0.3 is 5.97 Å². The molecule has 0 amide bonds. The Morgan fingerprint density at radius 3 is 2.86 bits per heavy atom. The minimum atomic E-state index is -0.339. The van der Waals surface area contributed by atoms with Gasteiger partial charge in [0.1, 0.15) is 0 Å². The average Bonchev–Trinajstić information content (AvgIpc) is 2.76. The number of hydrogen-bond donors (Lipinski definition) is 2. The third-order valence-electron chi connectivity index (χ3n) is 3.16. The molecule has 1 aliphatic heterocycles. The van der Waals surface area contributed by atoms with Gasteiger partial charge in [-0.1, -0.05) is 6.92 Å². The number of aliphatic imine (C=N–C) groups is 1. The molecule has 0 bridgehead atoms. The number of fused-ring (bicyclic) bond motifs is 1. The fraction of sp³-hybridized carbons (Fsp3) is 0.467. The number of nitrogens with one attached hydrogen (secondary N) is 1. The molecule has 2 rings (SSSR count). The Labute approximate surface area is 129 Å². The molecule has 0 aromatic heterocycles. The third-order valence-corrected chi connectivity index (χ3v) is 3.16. The molecule has 1 atom stereocenters. The Morgan fingerprint density at radius 2 is 2.14 bits per heavy atom. The highest BCUT2D eigenvalue weighted by atomic mass is 16.5. The zero-order valence-electron chi connectivity index (χ0n) is 12.8. The van der Waals surface area contributed by atoms with E-state index >= 15 is 0 Å². The highest BCUT2D eigenvalue weighted by Crippen LogP contribution is 2.32. The lowest BCUT2D eigenvalue weighted by atomic mass is 10.2. The number of guanidine groups is 1. The van der Waals surface area contributed by atoms with Crippen LogP contribution in [-0.4, -0.2) is 38.8 Å². The van der Waals surface area contributed by atoms with Crippen LogP contribution in [0.4, 0.5) is 5.69 Å². The fourth-order valence-corrected chi connectivity index (χ4v) is 1.94. The minimum absolute atomic E-state index is 0.227. The van der Waals surface area contributed by atoms with Crippen molar-refractivity contribution in [2.75, 3.05) is 32.2 Å². The number of carbonyl (C=O) groups is 1. The van der Waals surface area contributed by atoms with E-state index in [1.807, 2.05) is 18.2 Å². The molecule has 120 valence electrons. The van der Waals surface area contributed by atoms with Gasteiger partial charge < -0.3 is 25.3 Å². The number of carbonyl (C=O) groups excluding carboxylic acids is 1. The zero-order chi connectivity index (χ0) is 15.9. The summed E-state index contributed by atoms with van der Waals surface area (Å²) in [5, 5.41) is 2.96. The molecule has 1 heterocycles. The molecule has 7 heteroatoms. The first kappa shape index (κ1) is 15.9. The first-order chi connectivity index (χ1) is 10.6. The molecule has 7 nitrogen and oxygen atoms in total. The fourth-order valence-electron chi connectivity index (χ4n) is 1.94. The van der Waals surface area contributed by atoms with E-state index in [9.17, 15) is 4.79 Å². The average molecular weight is 307 g/mol. The molecule has 1 aromatic carbocycles. The number of methoxy groups -OCH3 is 1. The van der Waals surface area contributed by atoms with Crippen molar-refractivity contribution in [3.63, 3.8) is 0 Å². The monoisotopic (exact) mass is 307 g/mol. The van der Waals surface area contributed by atoms with Crippen LogP contribution in [0.3, 0.4) is 0 Å². The van der Waals surface area contributed by atoms with E-state index < -0.39 is 0 Å². The topological polar surface area (TPSA) is 95.2 Å². The van der Waals surface area contributed by atoms with E-state index in [1.165, 1.54) is 7.11 Å². The standard InChI is InChI=1S/C15H21N3O4/c1-10(14(19)20-2)9-17-15(16)18-11-4-5-12-13(8-11)22-7-3-6-21-12/h4-5,8,10H,3,6-7,9H2,1-2H3,(H3,16,17,18). The molecule has 0 radical (unpaired) electrons. The summed E-state index contributed by atoms with van der Waals surface area (Å²) in [6, 6.07) is 5.47. The predicted octanol–water partition coefficient (Wildman–Crippen LogP) is 1.38. The van der Waals surface area contributed by atoms with Crippen LogP contribution in [-0.2, 0) is 9.53 Å². The number of anilines is 1. The summed E-state index contributed by atoms with van der Waals surface area (Å²) in [5.74, 6) is 0.975. The van der Waals surface area contributed by atoms with Gasteiger partial charge in [0, 0.05) is 18.2 Å². The van der Waals surface area contributed by atoms with Crippen LogP contribution in [0.15, 0.2) is 23.2 Å². The van der Waals surface area contributed by atoms with Gasteiger partial charge in [-0.3, -0.25) is 9.79 Å². The maximum Gasteiger partial charge on any atom is 0.310 e. The summed E-state index contributed by atoms with van der Waals surface area (Å²) in [6.07, 6.45) is 0.854. The molecule has 0 fully saturated rings. The van der Waals surface area contributed by atoms with Crippen LogP contribution < -0.4 is 20.5 Å². The lowest BCUT2D eigenvalue weighted by molar-refractivity contribution is -0.144. The normalized spacial score (nSPS) is 15.6. The maximum atomic E-state index is 11.3. The Bertz CT molecular complexity index is 560. The lowest BCUT2D eigenvalue weighted by Crippen LogP contribution is -2.25. The Kier molecular flexibility index (Phi) is 5.46. The summed E-state index contributed by atoms with van der Waals surface area (Å²) in [4.78, 5) is 15.4. The molecule has 0 spiro atoms. The summed E-state index contributed by atoms with van der Waals surface area (Å²) in [5.41, 5.74) is 6.56. The van der Waals surface area contributed by atoms with Gasteiger partial charge in [0.2, 0.25) is 0 Å². The largest absolute Gasteiger partial charge is 0.490 e. The van der Waals surface area contributed by atoms with Gasteiger partial charge in [-0.2, -0.15) is 0 Å². The van der Waals surface area contributed by atoms with Crippen LogP contribution in [0.1, 0.15) is 13.3 Å². The van der Waals surface area contributed by atoms with Crippen molar-refractivity contribution < 1.29 is 19.0 Å². The Hall–Kier alpha value is -2.44. The van der Waals surface area contributed by atoms with E-state index in [4.69, 9.17) is 15.2 Å². The summed E-state index contributed by atoms with van der Waals surface area (Å²) < 4.78 is 15.8. The lowest BCUT2D eigenvalue weighted by Gasteiger charge is -2.11. The quantitative estimate of drug-likeness (QED) is 0.496. The molecule has 1 aliphatic rings. The zero-order valence-corrected chi connectivity index (χ0v) is 12.8. The summed E-state index contributed by atoms with van der Waals surface area (Å²) in [7, 11) is 1.35. The van der Waals surface area contributed by atoms with Crippen molar-refractivity contribution in [2.24, 2.45) is 16.6 Å². The SMILES string of the molecule is COC(=O)C(C)CN=C(N)Nc1ccc2c(c1)OCCCO2. The maximum absolute atomic E-state index is 11.3. The molecule has 0 aliphatic carbocycles. The first-order valence-corrected chi connectivity index (χ1v) is 7.14. The molecular formula is C15H21N3O4. The third kappa shape index (κ3) is 4.28. The highest BCUT2D eigenvalue weighted by molar-refractivity contribution is 5.92. The van der Waals surface area contributed by atoms with Gasteiger partial charge in [-0.05, 0) is 12.1 Å². The van der Waals surface area contributed by atoms with E-state index in [-0.39, 0.29) is 24.4 Å². The van der Waals surface area contributed by atoms with Gasteiger partial charge in [0.15, 0.2) is 17.5 Å². The molecule has 1 aromatic rings. The number of nitrogens with two attached hydrogens (primary N) is 1. The van der Waals surface area contributed by atoms with Crippen molar-refractivity contribution in [1.82, 2.24) is 0 Å². The number of benzene rings is 1. The number of nitrogens with zero attached hydrogens (tertiary/aromatic N) is 1. The second kappa shape index (κ2) is 7.53. The number of hydrogen-bond acceptors (Lipinski definition) is 5. The molecule has 0 saturated carbocycles. The smallest absolute Gasteiger partial charge is 0.310 e. The van der Waals surface area contributed by atoms with E-state index in [0.29, 0.717) is 19.0 Å². The summed E-state index contributed by atoms with van der Waals surface area (Å²) >= 11 is 0. The number of rotatable bonds is 4. The first-order valence-electron chi connectivity index (χ1n) is 7.14. The van der Waals surface area contributed by atoms with Gasteiger partial charge in [0.25, 0.3) is 0 Å². The van der Waals surface area contributed by atoms with Gasteiger partial charge in [-0.25, -0.2) is 0 Å². The molecular weight excluding hydrogens is 286 g/mol. The Morgan fingerprint density at radius 1 is 1.41 bits per heavy atom. The number of ether oxygens (including phenoxy) is 3. The van der Waals surface area contributed by atoms with Crippen LogP contribution >= 0.6 is 0 Å². The van der Waals surface area contributed by atoms with Crippen LogP contribution in [0.25, 0.3) is 0 Å². The minimum Gasteiger partial charge on any atom is -0.490 e. The van der Waals surface area contributed by atoms with E-state index in [1.54, 1.807) is 6.92 Å². The van der Waals surface area contributed by atoms with Crippen molar-refractivity contribution in [3.8, 4) is 11.5 Å². The number of esters is 1. The van der Waals surface area contributed by atoms with Crippen molar-refractivity contribution in [2.45, 2.75) is 13.3 Å².